The molecule has 0 radical (unpaired) electrons. The van der Waals surface area contributed by atoms with E-state index in [0.717, 1.165) is 16.7 Å². The van der Waals surface area contributed by atoms with Crippen molar-refractivity contribution in [2.45, 2.75) is 39.3 Å². The van der Waals surface area contributed by atoms with Gasteiger partial charge in [0.1, 0.15) is 6.04 Å². The molecule has 34 heavy (non-hydrogen) atoms. The lowest BCUT2D eigenvalue weighted by molar-refractivity contribution is -0.150. The molecule has 2 amide bonds. The molecule has 3 rings (SSSR count). The fraction of sp³-hybridized carbons (Fsp3) is 0.250. The smallest absolute Gasteiger partial charge is 0.329 e. The average Bonchev–Trinajstić information content (AvgIpc) is 2.85. The molecule has 0 aliphatic carbocycles. The first-order valence-electron chi connectivity index (χ1n) is 11.3. The van der Waals surface area contributed by atoms with Crippen molar-refractivity contribution < 1.29 is 19.1 Å². The standard InChI is InChI=1S/C28H30N2O4/c1-19-14-15-24(16-20(19)2)21(3)29-26(31)18-34-28(33)25(17-22-10-6-4-7-11-22)30-27(32)23-12-8-5-9-13-23/h4-16,21,25H,17-18H2,1-3H3,(H,29,31)(H,30,32). The highest BCUT2D eigenvalue weighted by Crippen LogP contribution is 2.16. The number of ether oxygens (including phenoxy) is 1. The van der Waals surface area contributed by atoms with Crippen LogP contribution in [0.25, 0.3) is 0 Å². The number of esters is 1. The Morgan fingerprint density at radius 2 is 1.47 bits per heavy atom. The maximum Gasteiger partial charge on any atom is 0.329 e. The topological polar surface area (TPSA) is 84.5 Å². The fourth-order valence-corrected chi connectivity index (χ4v) is 3.51. The van der Waals surface area contributed by atoms with Crippen LogP contribution in [-0.2, 0) is 20.7 Å². The minimum atomic E-state index is -0.930. The van der Waals surface area contributed by atoms with Crippen LogP contribution in [0.15, 0.2) is 78.9 Å². The number of hydrogen-bond donors (Lipinski definition) is 2. The van der Waals surface area contributed by atoms with Gasteiger partial charge in [0.05, 0.1) is 6.04 Å². The lowest BCUT2D eigenvalue weighted by Crippen LogP contribution is -2.44. The van der Waals surface area contributed by atoms with Gasteiger partial charge in [-0.1, -0.05) is 66.7 Å². The Morgan fingerprint density at radius 3 is 2.12 bits per heavy atom. The molecule has 0 saturated heterocycles. The Balaban J connectivity index is 1.61. The first kappa shape index (κ1) is 24.7. The largest absolute Gasteiger partial charge is 0.454 e. The van der Waals surface area contributed by atoms with Crippen LogP contribution in [0.4, 0.5) is 0 Å². The Labute approximate surface area is 200 Å². The van der Waals surface area contributed by atoms with Gasteiger partial charge < -0.3 is 15.4 Å². The summed E-state index contributed by atoms with van der Waals surface area (Å²) in [5.74, 6) is -1.46. The van der Waals surface area contributed by atoms with E-state index in [0.29, 0.717) is 5.56 Å². The van der Waals surface area contributed by atoms with E-state index in [1.54, 1.807) is 24.3 Å². The first-order chi connectivity index (χ1) is 16.3. The Bertz CT molecular complexity index is 1130. The van der Waals surface area contributed by atoms with E-state index in [2.05, 4.69) is 10.6 Å². The fourth-order valence-electron chi connectivity index (χ4n) is 3.51. The Morgan fingerprint density at radius 1 is 0.824 bits per heavy atom. The third kappa shape index (κ3) is 7.04. The molecule has 0 heterocycles. The number of amides is 2. The summed E-state index contributed by atoms with van der Waals surface area (Å²) in [6.45, 7) is 5.50. The zero-order valence-corrected chi connectivity index (χ0v) is 19.7. The molecular weight excluding hydrogens is 428 g/mol. The van der Waals surface area contributed by atoms with E-state index < -0.39 is 24.5 Å². The Hall–Kier alpha value is -3.93. The van der Waals surface area contributed by atoms with Gasteiger partial charge in [-0.05, 0) is 55.2 Å². The van der Waals surface area contributed by atoms with Crippen molar-refractivity contribution in [3.8, 4) is 0 Å². The number of benzene rings is 3. The molecule has 0 saturated carbocycles. The molecule has 0 aliphatic heterocycles. The molecular formula is C28H30N2O4. The Kier molecular flexibility index (Phi) is 8.57. The van der Waals surface area contributed by atoms with Crippen LogP contribution in [-0.4, -0.2) is 30.4 Å². The van der Waals surface area contributed by atoms with Crippen molar-refractivity contribution in [3.05, 3.63) is 107 Å². The molecule has 0 aromatic heterocycles. The number of aryl methyl sites for hydroxylation is 2. The predicted molar refractivity (Wildman–Crippen MR) is 131 cm³/mol. The molecule has 6 nitrogen and oxygen atoms in total. The van der Waals surface area contributed by atoms with Gasteiger partial charge in [-0.15, -0.1) is 0 Å². The summed E-state index contributed by atoms with van der Waals surface area (Å²) < 4.78 is 5.29. The highest BCUT2D eigenvalue weighted by Gasteiger charge is 2.24. The minimum absolute atomic E-state index is 0.233. The van der Waals surface area contributed by atoms with Gasteiger partial charge >= 0.3 is 5.97 Å². The molecule has 2 N–H and O–H groups in total. The van der Waals surface area contributed by atoms with Gasteiger partial charge in [0, 0.05) is 12.0 Å². The lowest BCUT2D eigenvalue weighted by atomic mass is 10.0. The monoisotopic (exact) mass is 458 g/mol. The molecule has 2 unspecified atom stereocenters. The molecule has 176 valence electrons. The zero-order valence-electron chi connectivity index (χ0n) is 19.7. The number of nitrogens with one attached hydrogen (secondary N) is 2. The van der Waals surface area contributed by atoms with E-state index in [4.69, 9.17) is 4.74 Å². The van der Waals surface area contributed by atoms with Crippen LogP contribution in [0.2, 0.25) is 0 Å². The summed E-state index contributed by atoms with van der Waals surface area (Å²) in [6.07, 6.45) is 0.249. The second-order valence-electron chi connectivity index (χ2n) is 8.32. The summed E-state index contributed by atoms with van der Waals surface area (Å²) in [5, 5.41) is 5.59. The van der Waals surface area contributed by atoms with Gasteiger partial charge in [0.2, 0.25) is 0 Å². The highest BCUT2D eigenvalue weighted by molar-refractivity contribution is 5.97. The predicted octanol–water partition coefficient (Wildman–Crippen LogP) is 4.07. The van der Waals surface area contributed by atoms with Crippen molar-refractivity contribution in [1.29, 1.82) is 0 Å². The number of rotatable bonds is 9. The zero-order chi connectivity index (χ0) is 24.5. The average molecular weight is 459 g/mol. The summed E-state index contributed by atoms with van der Waals surface area (Å²) in [5.41, 5.74) is 4.60. The number of carbonyl (C=O) groups is 3. The normalized spacial score (nSPS) is 12.3. The van der Waals surface area contributed by atoms with Crippen LogP contribution < -0.4 is 10.6 Å². The number of hydrogen-bond acceptors (Lipinski definition) is 4. The summed E-state index contributed by atoms with van der Waals surface area (Å²) >= 11 is 0. The van der Waals surface area contributed by atoms with Gasteiger partial charge in [-0.3, -0.25) is 9.59 Å². The van der Waals surface area contributed by atoms with E-state index in [1.807, 2.05) is 75.4 Å². The quantitative estimate of drug-likeness (QED) is 0.474. The molecule has 0 bridgehead atoms. The second kappa shape index (κ2) is 11.8. The van der Waals surface area contributed by atoms with Crippen LogP contribution >= 0.6 is 0 Å². The highest BCUT2D eigenvalue weighted by atomic mass is 16.5. The van der Waals surface area contributed by atoms with Crippen molar-refractivity contribution in [1.82, 2.24) is 10.6 Å². The van der Waals surface area contributed by atoms with Gasteiger partial charge in [0.15, 0.2) is 6.61 Å². The van der Waals surface area contributed by atoms with Crippen LogP contribution in [0.3, 0.4) is 0 Å². The minimum Gasteiger partial charge on any atom is -0.454 e. The molecule has 0 aliphatic rings. The van der Waals surface area contributed by atoms with E-state index >= 15 is 0 Å². The van der Waals surface area contributed by atoms with Crippen LogP contribution in [0.1, 0.15) is 45.6 Å². The summed E-state index contributed by atoms with van der Waals surface area (Å²) in [6, 6.07) is 22.8. The van der Waals surface area contributed by atoms with E-state index in [9.17, 15) is 14.4 Å². The van der Waals surface area contributed by atoms with Gasteiger partial charge in [0.25, 0.3) is 11.8 Å². The lowest BCUT2D eigenvalue weighted by Gasteiger charge is -2.19. The van der Waals surface area contributed by atoms with Crippen molar-refractivity contribution in [2.24, 2.45) is 0 Å². The van der Waals surface area contributed by atoms with Crippen LogP contribution in [0, 0.1) is 13.8 Å². The van der Waals surface area contributed by atoms with Crippen molar-refractivity contribution in [2.75, 3.05) is 6.61 Å². The molecule has 2 atom stereocenters. The molecule has 3 aromatic rings. The van der Waals surface area contributed by atoms with Crippen LogP contribution in [0.5, 0.6) is 0 Å². The van der Waals surface area contributed by atoms with Crippen molar-refractivity contribution in [3.63, 3.8) is 0 Å². The van der Waals surface area contributed by atoms with Crippen molar-refractivity contribution >= 4 is 17.8 Å². The van der Waals surface area contributed by atoms with Gasteiger partial charge in [-0.25, -0.2) is 4.79 Å². The second-order valence-corrected chi connectivity index (χ2v) is 8.32. The SMILES string of the molecule is Cc1ccc(C(C)NC(=O)COC(=O)C(Cc2ccccc2)NC(=O)c2ccccc2)cc1C. The molecule has 6 heteroatoms. The third-order valence-electron chi connectivity index (χ3n) is 5.66. The maximum absolute atomic E-state index is 12.8. The molecule has 3 aromatic carbocycles. The van der Waals surface area contributed by atoms with E-state index in [1.165, 1.54) is 5.56 Å². The van der Waals surface area contributed by atoms with Gasteiger partial charge in [-0.2, -0.15) is 0 Å². The summed E-state index contributed by atoms with van der Waals surface area (Å²) in [4.78, 5) is 37.9. The molecule has 0 spiro atoms. The first-order valence-corrected chi connectivity index (χ1v) is 11.3. The third-order valence-corrected chi connectivity index (χ3v) is 5.66. The van der Waals surface area contributed by atoms with E-state index in [-0.39, 0.29) is 18.4 Å². The summed E-state index contributed by atoms with van der Waals surface area (Å²) in [7, 11) is 0. The number of carbonyl (C=O) groups excluding carboxylic acids is 3. The maximum atomic E-state index is 12.8. The molecule has 0 fully saturated rings.